The number of nitrogens with zero attached hydrogens (tertiary/aromatic N) is 6. The molecule has 4 heterocycles. The van der Waals surface area contributed by atoms with Crippen molar-refractivity contribution >= 4 is 33.7 Å². The Balaban J connectivity index is 1.40. The summed E-state index contributed by atoms with van der Waals surface area (Å²) in [6, 6.07) is 3.26. The van der Waals surface area contributed by atoms with Gasteiger partial charge in [-0.25, -0.2) is 23.1 Å². The number of fused-ring (bicyclic) bond motifs is 2. The molecule has 1 aliphatic carbocycles. The van der Waals surface area contributed by atoms with Crippen molar-refractivity contribution < 1.29 is 18.0 Å². The van der Waals surface area contributed by atoms with E-state index in [4.69, 9.17) is 5.73 Å². The van der Waals surface area contributed by atoms with Crippen LogP contribution in [0.15, 0.2) is 43.4 Å². The lowest BCUT2D eigenvalue weighted by molar-refractivity contribution is -0.129. The van der Waals surface area contributed by atoms with Crippen LogP contribution in [0.5, 0.6) is 0 Å². The first-order valence-electron chi connectivity index (χ1n) is 11.9. The van der Waals surface area contributed by atoms with Crippen molar-refractivity contribution in [3.63, 3.8) is 0 Å². The van der Waals surface area contributed by atoms with E-state index >= 15 is 0 Å². The number of hydrogen-bond donors (Lipinski definition) is 1. The highest BCUT2D eigenvalue weighted by Crippen LogP contribution is 2.37. The van der Waals surface area contributed by atoms with Gasteiger partial charge < -0.3 is 15.2 Å². The summed E-state index contributed by atoms with van der Waals surface area (Å²) in [5, 5.41) is 5.00. The van der Waals surface area contributed by atoms with Gasteiger partial charge in [0.05, 0.1) is 45.9 Å². The van der Waals surface area contributed by atoms with Crippen LogP contribution in [0, 0.1) is 17.7 Å². The Morgan fingerprint density at radius 2 is 2.00 bits per heavy atom. The molecule has 4 aromatic rings. The summed E-state index contributed by atoms with van der Waals surface area (Å²) in [5.41, 5.74) is 8.44. The average Bonchev–Trinajstić information content (AvgIpc) is 3.32. The molecule has 2 fully saturated rings. The molecule has 8 nitrogen and oxygen atoms in total. The minimum Gasteiger partial charge on any atom is -0.383 e. The Hall–Kier alpha value is -4.33. The Labute approximate surface area is 209 Å². The van der Waals surface area contributed by atoms with Crippen molar-refractivity contribution in [3.8, 4) is 11.8 Å². The molecule has 3 aromatic heterocycles. The Bertz CT molecular complexity index is 1630. The number of hydrogen-bond acceptors (Lipinski definition) is 5. The van der Waals surface area contributed by atoms with E-state index < -0.39 is 30.2 Å². The Morgan fingerprint density at radius 3 is 2.73 bits per heavy atom. The standard InChI is InChI=1S/C26H22F3N7O/c1-2-23(37)34-12-16(10-22(34)25(28)29)36-20-7-8-31-26(30)24(20)18(33-36)6-3-14-9-19-21(11-17(14)27)35(13-32-19)15-4-5-15/h2,7-9,11,13,15-16,22,25H,1,4-5,10,12H2,(H2,30,31)/t16?,22-/m1/s1. The molecular formula is C26H22F3N7O. The normalized spacial score (nSPS) is 19.5. The van der Waals surface area contributed by atoms with Gasteiger partial charge in [-0.15, -0.1) is 0 Å². The summed E-state index contributed by atoms with van der Waals surface area (Å²) in [5.74, 6) is 4.84. The third-order valence-corrected chi connectivity index (χ3v) is 6.98. The first-order chi connectivity index (χ1) is 17.9. The van der Waals surface area contributed by atoms with E-state index in [1.165, 1.54) is 12.3 Å². The molecule has 1 aliphatic heterocycles. The molecule has 37 heavy (non-hydrogen) atoms. The van der Waals surface area contributed by atoms with Gasteiger partial charge in [0.2, 0.25) is 5.91 Å². The third-order valence-electron chi connectivity index (χ3n) is 6.98. The zero-order chi connectivity index (χ0) is 25.8. The largest absolute Gasteiger partial charge is 0.383 e. The summed E-state index contributed by atoms with van der Waals surface area (Å²) in [6.45, 7) is 3.44. The number of amides is 1. The number of pyridine rings is 1. The Kier molecular flexibility index (Phi) is 5.40. The zero-order valence-corrected chi connectivity index (χ0v) is 19.6. The van der Waals surface area contributed by atoms with Gasteiger partial charge in [-0.3, -0.25) is 9.48 Å². The lowest BCUT2D eigenvalue weighted by atomic mass is 10.1. The fourth-order valence-electron chi connectivity index (χ4n) is 5.02. The summed E-state index contributed by atoms with van der Waals surface area (Å²) >= 11 is 0. The lowest BCUT2D eigenvalue weighted by Gasteiger charge is -2.21. The maximum atomic E-state index is 15.0. The highest BCUT2D eigenvalue weighted by atomic mass is 19.3. The summed E-state index contributed by atoms with van der Waals surface area (Å²) in [4.78, 5) is 21.8. The smallest absolute Gasteiger partial charge is 0.258 e. The van der Waals surface area contributed by atoms with Crippen LogP contribution in [0.3, 0.4) is 0 Å². The molecule has 2 N–H and O–H groups in total. The minimum absolute atomic E-state index is 0.00191. The summed E-state index contributed by atoms with van der Waals surface area (Å²) < 4.78 is 45.9. The molecule has 1 saturated heterocycles. The van der Waals surface area contributed by atoms with E-state index in [0.29, 0.717) is 22.5 Å². The molecule has 2 aliphatic rings. The quantitative estimate of drug-likeness (QED) is 0.336. The Morgan fingerprint density at radius 1 is 1.19 bits per heavy atom. The third kappa shape index (κ3) is 3.89. The summed E-state index contributed by atoms with van der Waals surface area (Å²) in [6.07, 6.45) is 3.62. The second-order valence-electron chi connectivity index (χ2n) is 9.32. The first-order valence-corrected chi connectivity index (χ1v) is 11.9. The number of halogens is 3. The van der Waals surface area contributed by atoms with Crippen LogP contribution in [-0.4, -0.2) is 54.1 Å². The first kappa shape index (κ1) is 23.1. The van der Waals surface area contributed by atoms with E-state index in [2.05, 4.69) is 33.5 Å². The second-order valence-corrected chi connectivity index (χ2v) is 9.32. The number of rotatable bonds is 4. The summed E-state index contributed by atoms with van der Waals surface area (Å²) in [7, 11) is 0. The number of anilines is 1. The van der Waals surface area contributed by atoms with Crippen LogP contribution >= 0.6 is 0 Å². The van der Waals surface area contributed by atoms with Gasteiger partial charge in [-0.1, -0.05) is 12.5 Å². The lowest BCUT2D eigenvalue weighted by Crippen LogP contribution is -2.38. The molecule has 6 rings (SSSR count). The van der Waals surface area contributed by atoms with Crippen molar-refractivity contribution in [2.24, 2.45) is 0 Å². The van der Waals surface area contributed by atoms with E-state index in [-0.39, 0.29) is 30.0 Å². The zero-order valence-electron chi connectivity index (χ0n) is 19.6. The van der Waals surface area contributed by atoms with Crippen LogP contribution in [0.4, 0.5) is 19.0 Å². The number of carbonyl (C=O) groups is 1. The van der Waals surface area contributed by atoms with Crippen molar-refractivity contribution in [3.05, 3.63) is 60.5 Å². The van der Waals surface area contributed by atoms with Crippen molar-refractivity contribution in [1.82, 2.24) is 29.2 Å². The van der Waals surface area contributed by atoms with E-state index in [9.17, 15) is 18.0 Å². The van der Waals surface area contributed by atoms with Gasteiger partial charge in [-0.2, -0.15) is 5.10 Å². The average molecular weight is 506 g/mol. The number of likely N-dealkylation sites (tertiary alicyclic amines) is 1. The highest BCUT2D eigenvalue weighted by Gasteiger charge is 2.41. The fraction of sp³-hybridized carbons (Fsp3) is 0.308. The van der Waals surface area contributed by atoms with Crippen molar-refractivity contribution in [2.75, 3.05) is 12.3 Å². The molecule has 1 aromatic carbocycles. The molecule has 0 spiro atoms. The number of alkyl halides is 2. The van der Waals surface area contributed by atoms with Gasteiger partial charge >= 0.3 is 0 Å². The van der Waals surface area contributed by atoms with Crippen LogP contribution in [0.25, 0.3) is 21.9 Å². The number of nitrogens with two attached hydrogens (primary N) is 1. The predicted molar refractivity (Wildman–Crippen MR) is 131 cm³/mol. The van der Waals surface area contributed by atoms with Gasteiger partial charge in [0.25, 0.3) is 6.43 Å². The van der Waals surface area contributed by atoms with E-state index in [1.807, 2.05) is 4.57 Å². The molecule has 188 valence electrons. The predicted octanol–water partition coefficient (Wildman–Crippen LogP) is 3.83. The van der Waals surface area contributed by atoms with Gasteiger partial charge in [0.1, 0.15) is 17.3 Å². The van der Waals surface area contributed by atoms with Gasteiger partial charge in [-0.05, 0) is 43.4 Å². The number of nitrogen functional groups attached to an aromatic ring is 1. The number of imidazole rings is 1. The molecule has 0 bridgehead atoms. The topological polar surface area (TPSA) is 94.9 Å². The van der Waals surface area contributed by atoms with Gasteiger partial charge in [0, 0.05) is 24.8 Å². The maximum Gasteiger partial charge on any atom is 0.258 e. The molecule has 1 saturated carbocycles. The molecule has 0 radical (unpaired) electrons. The number of aromatic nitrogens is 5. The van der Waals surface area contributed by atoms with Crippen LogP contribution in [0.2, 0.25) is 0 Å². The number of carbonyl (C=O) groups excluding carboxylic acids is 1. The molecule has 2 atom stereocenters. The maximum absolute atomic E-state index is 15.0. The molecule has 1 amide bonds. The van der Waals surface area contributed by atoms with E-state index in [1.54, 1.807) is 23.1 Å². The monoisotopic (exact) mass is 505 g/mol. The van der Waals surface area contributed by atoms with Crippen molar-refractivity contribution in [1.29, 1.82) is 0 Å². The van der Waals surface area contributed by atoms with Crippen molar-refractivity contribution in [2.45, 2.75) is 43.8 Å². The SMILES string of the molecule is C=CC(=O)N1CC(n2nc(C#Cc3cc4ncn(C5CC5)c4cc3F)c3c(N)nccc32)C[C@@H]1C(F)F. The van der Waals surface area contributed by atoms with Crippen LogP contribution < -0.4 is 5.73 Å². The fourth-order valence-corrected chi connectivity index (χ4v) is 5.02. The van der Waals surface area contributed by atoms with Crippen LogP contribution in [0.1, 0.15) is 42.6 Å². The molecule has 1 unspecified atom stereocenters. The molecular weight excluding hydrogens is 483 g/mol. The second kappa shape index (κ2) is 8.65. The van der Waals surface area contributed by atoms with Gasteiger partial charge in [0.15, 0.2) is 0 Å². The van der Waals surface area contributed by atoms with E-state index in [0.717, 1.165) is 29.3 Å². The molecule has 11 heteroatoms. The highest BCUT2D eigenvalue weighted by molar-refractivity contribution is 5.93. The number of benzene rings is 1. The van der Waals surface area contributed by atoms with Crippen LogP contribution in [-0.2, 0) is 4.79 Å². The minimum atomic E-state index is -2.72.